The highest BCUT2D eigenvalue weighted by Crippen LogP contribution is 2.61. The molecule has 2 aliphatic rings. The SMILES string of the molecule is Cc1cnc(N)nc1NCC1(C2CC2)CC1. The summed E-state index contributed by atoms with van der Waals surface area (Å²) < 4.78 is 0. The van der Waals surface area contributed by atoms with Crippen molar-refractivity contribution in [3.05, 3.63) is 11.8 Å². The van der Waals surface area contributed by atoms with E-state index in [1.165, 1.54) is 25.7 Å². The van der Waals surface area contributed by atoms with Crippen molar-refractivity contribution >= 4 is 11.8 Å². The van der Waals surface area contributed by atoms with Gasteiger partial charge < -0.3 is 11.1 Å². The Morgan fingerprint density at radius 3 is 2.88 bits per heavy atom. The fraction of sp³-hybridized carbons (Fsp3) is 0.667. The highest BCUT2D eigenvalue weighted by Gasteiger charge is 2.53. The Morgan fingerprint density at radius 1 is 1.50 bits per heavy atom. The third-order valence-corrected chi connectivity index (χ3v) is 3.93. The summed E-state index contributed by atoms with van der Waals surface area (Å²) in [6.45, 7) is 3.06. The zero-order valence-electron chi connectivity index (χ0n) is 9.66. The van der Waals surface area contributed by atoms with Crippen LogP contribution in [0.2, 0.25) is 0 Å². The maximum absolute atomic E-state index is 5.59. The number of nitrogens with one attached hydrogen (secondary N) is 1. The van der Waals surface area contributed by atoms with Crippen LogP contribution in [0.1, 0.15) is 31.2 Å². The molecule has 2 aliphatic carbocycles. The molecule has 1 heterocycles. The quantitative estimate of drug-likeness (QED) is 0.811. The van der Waals surface area contributed by atoms with Crippen molar-refractivity contribution in [1.29, 1.82) is 0 Å². The number of hydrogen-bond acceptors (Lipinski definition) is 4. The van der Waals surface area contributed by atoms with Crippen LogP contribution in [-0.4, -0.2) is 16.5 Å². The minimum absolute atomic E-state index is 0.351. The van der Waals surface area contributed by atoms with Gasteiger partial charge in [0.1, 0.15) is 5.82 Å². The molecule has 3 N–H and O–H groups in total. The fourth-order valence-electron chi connectivity index (χ4n) is 2.48. The predicted octanol–water partition coefficient (Wildman–Crippen LogP) is 1.97. The van der Waals surface area contributed by atoms with E-state index in [2.05, 4.69) is 15.3 Å². The van der Waals surface area contributed by atoms with Crippen molar-refractivity contribution in [2.24, 2.45) is 11.3 Å². The molecule has 0 aromatic carbocycles. The number of nitrogens with zero attached hydrogens (tertiary/aromatic N) is 2. The molecule has 2 saturated carbocycles. The number of nitrogen functional groups attached to an aromatic ring is 1. The molecular formula is C12H18N4. The number of anilines is 2. The highest BCUT2D eigenvalue weighted by molar-refractivity contribution is 5.45. The smallest absolute Gasteiger partial charge is 0.221 e. The Kier molecular flexibility index (Phi) is 2.06. The Labute approximate surface area is 95.7 Å². The summed E-state index contributed by atoms with van der Waals surface area (Å²) in [6.07, 6.45) is 7.38. The van der Waals surface area contributed by atoms with Crippen LogP contribution < -0.4 is 11.1 Å². The molecule has 0 radical (unpaired) electrons. The molecule has 3 rings (SSSR count). The van der Waals surface area contributed by atoms with E-state index in [0.29, 0.717) is 11.4 Å². The Morgan fingerprint density at radius 2 is 2.25 bits per heavy atom. The van der Waals surface area contributed by atoms with Crippen molar-refractivity contribution in [2.45, 2.75) is 32.6 Å². The van der Waals surface area contributed by atoms with Gasteiger partial charge in [0, 0.05) is 18.3 Å². The largest absolute Gasteiger partial charge is 0.369 e. The molecule has 0 saturated heterocycles. The van der Waals surface area contributed by atoms with E-state index in [0.717, 1.165) is 23.8 Å². The van der Waals surface area contributed by atoms with E-state index in [4.69, 9.17) is 5.73 Å². The zero-order valence-corrected chi connectivity index (χ0v) is 9.66. The van der Waals surface area contributed by atoms with Gasteiger partial charge in [0.05, 0.1) is 0 Å². The monoisotopic (exact) mass is 218 g/mol. The van der Waals surface area contributed by atoms with Crippen LogP contribution in [0.4, 0.5) is 11.8 Å². The van der Waals surface area contributed by atoms with Crippen LogP contribution in [0.25, 0.3) is 0 Å². The molecule has 0 atom stereocenters. The number of aryl methyl sites for hydroxylation is 1. The first-order valence-electron chi connectivity index (χ1n) is 6.03. The second-order valence-corrected chi connectivity index (χ2v) is 5.25. The molecule has 16 heavy (non-hydrogen) atoms. The van der Waals surface area contributed by atoms with Gasteiger partial charge in [-0.1, -0.05) is 0 Å². The minimum atomic E-state index is 0.351. The molecule has 0 amide bonds. The van der Waals surface area contributed by atoms with E-state index in [-0.39, 0.29) is 0 Å². The van der Waals surface area contributed by atoms with Gasteiger partial charge in [0.25, 0.3) is 0 Å². The molecule has 0 unspecified atom stereocenters. The topological polar surface area (TPSA) is 63.8 Å². The van der Waals surface area contributed by atoms with E-state index in [9.17, 15) is 0 Å². The summed E-state index contributed by atoms with van der Waals surface area (Å²) in [4.78, 5) is 8.21. The van der Waals surface area contributed by atoms with Crippen molar-refractivity contribution in [3.8, 4) is 0 Å². The summed E-state index contributed by atoms with van der Waals surface area (Å²) in [6, 6.07) is 0. The van der Waals surface area contributed by atoms with Crippen LogP contribution in [0.15, 0.2) is 6.20 Å². The summed E-state index contributed by atoms with van der Waals surface area (Å²) in [5.41, 5.74) is 7.25. The lowest BCUT2D eigenvalue weighted by molar-refractivity contribution is 0.466. The predicted molar refractivity (Wildman–Crippen MR) is 64.1 cm³/mol. The molecule has 4 heteroatoms. The molecular weight excluding hydrogens is 200 g/mol. The molecule has 4 nitrogen and oxygen atoms in total. The summed E-state index contributed by atoms with van der Waals surface area (Å²) in [7, 11) is 0. The van der Waals surface area contributed by atoms with Gasteiger partial charge >= 0.3 is 0 Å². The second kappa shape index (κ2) is 3.34. The lowest BCUT2D eigenvalue weighted by Gasteiger charge is -2.16. The first kappa shape index (κ1) is 9.87. The fourth-order valence-corrected chi connectivity index (χ4v) is 2.48. The van der Waals surface area contributed by atoms with Gasteiger partial charge in [0.15, 0.2) is 0 Å². The highest BCUT2D eigenvalue weighted by atomic mass is 15.1. The first-order chi connectivity index (χ1) is 7.70. The van der Waals surface area contributed by atoms with Gasteiger partial charge in [-0.15, -0.1) is 0 Å². The van der Waals surface area contributed by atoms with E-state index in [1.807, 2.05) is 6.92 Å². The maximum Gasteiger partial charge on any atom is 0.221 e. The first-order valence-corrected chi connectivity index (χ1v) is 6.03. The number of rotatable bonds is 4. The maximum atomic E-state index is 5.59. The molecule has 0 spiro atoms. The Bertz CT molecular complexity index is 407. The van der Waals surface area contributed by atoms with Crippen molar-refractivity contribution in [2.75, 3.05) is 17.6 Å². The Balaban J connectivity index is 1.67. The number of aromatic nitrogens is 2. The summed E-state index contributed by atoms with van der Waals surface area (Å²) in [5, 5.41) is 3.45. The third-order valence-electron chi connectivity index (χ3n) is 3.93. The normalized spacial score (nSPS) is 21.8. The third kappa shape index (κ3) is 1.72. The van der Waals surface area contributed by atoms with E-state index >= 15 is 0 Å². The lowest BCUT2D eigenvalue weighted by Crippen LogP contribution is -2.19. The van der Waals surface area contributed by atoms with Crippen molar-refractivity contribution in [3.63, 3.8) is 0 Å². The van der Waals surface area contributed by atoms with Crippen molar-refractivity contribution < 1.29 is 0 Å². The van der Waals surface area contributed by atoms with E-state index in [1.54, 1.807) is 6.20 Å². The van der Waals surface area contributed by atoms with E-state index < -0.39 is 0 Å². The van der Waals surface area contributed by atoms with Crippen molar-refractivity contribution in [1.82, 2.24) is 9.97 Å². The van der Waals surface area contributed by atoms with Crippen LogP contribution in [0.5, 0.6) is 0 Å². The second-order valence-electron chi connectivity index (χ2n) is 5.25. The summed E-state index contributed by atoms with van der Waals surface area (Å²) >= 11 is 0. The van der Waals surface area contributed by atoms with Gasteiger partial charge in [0.2, 0.25) is 5.95 Å². The average molecular weight is 218 g/mol. The van der Waals surface area contributed by atoms with Gasteiger partial charge in [-0.2, -0.15) is 4.98 Å². The molecule has 1 aromatic heterocycles. The number of hydrogen-bond donors (Lipinski definition) is 2. The molecule has 1 aromatic rings. The van der Waals surface area contributed by atoms with Gasteiger partial charge in [-0.3, -0.25) is 0 Å². The average Bonchev–Trinajstić information content (AvgIpc) is 3.13. The minimum Gasteiger partial charge on any atom is -0.369 e. The molecule has 2 fully saturated rings. The lowest BCUT2D eigenvalue weighted by atomic mass is 10.0. The van der Waals surface area contributed by atoms with Gasteiger partial charge in [-0.25, -0.2) is 4.98 Å². The van der Waals surface area contributed by atoms with Gasteiger partial charge in [-0.05, 0) is 43.9 Å². The molecule has 0 aliphatic heterocycles. The van der Waals surface area contributed by atoms with Crippen LogP contribution >= 0.6 is 0 Å². The summed E-state index contributed by atoms with van der Waals surface area (Å²) in [5.74, 6) is 2.23. The van der Waals surface area contributed by atoms with Crippen LogP contribution in [0, 0.1) is 18.3 Å². The molecule has 86 valence electrons. The zero-order chi connectivity index (χ0) is 11.2. The van der Waals surface area contributed by atoms with Crippen LogP contribution in [-0.2, 0) is 0 Å². The van der Waals surface area contributed by atoms with Crippen LogP contribution in [0.3, 0.4) is 0 Å². The number of nitrogens with two attached hydrogens (primary N) is 1. The molecule has 0 bridgehead atoms. The Hall–Kier alpha value is -1.32. The standard InChI is InChI=1S/C12H18N4/c1-8-6-14-11(13)16-10(8)15-7-12(4-5-12)9-2-3-9/h6,9H,2-5,7H2,1H3,(H3,13,14,15,16).